The average molecular weight is 251 g/mol. The molecule has 0 aliphatic heterocycles. The fourth-order valence-corrected chi connectivity index (χ4v) is 2.99. The summed E-state index contributed by atoms with van der Waals surface area (Å²) < 4.78 is 5.25. The highest BCUT2D eigenvalue weighted by atomic mass is 16.5. The highest BCUT2D eigenvalue weighted by Crippen LogP contribution is 2.44. The quantitative estimate of drug-likeness (QED) is 0.616. The standard InChI is InChI=1S/C15H25NO2/c1-6-10-16-15(13(17)18-7-2)9-8-14(4,5)11-12(15)3/h1,12,16H,7-11H2,2-5H3. The monoisotopic (exact) mass is 251 g/mol. The number of esters is 1. The van der Waals surface area contributed by atoms with Gasteiger partial charge in [0, 0.05) is 0 Å². The molecule has 1 rings (SSSR count). The van der Waals surface area contributed by atoms with Crippen molar-refractivity contribution in [3.63, 3.8) is 0 Å². The van der Waals surface area contributed by atoms with Crippen molar-refractivity contribution in [1.29, 1.82) is 0 Å². The minimum Gasteiger partial charge on any atom is -0.465 e. The van der Waals surface area contributed by atoms with Crippen LogP contribution in [0.25, 0.3) is 0 Å². The van der Waals surface area contributed by atoms with Gasteiger partial charge in [-0.3, -0.25) is 10.1 Å². The molecule has 1 N–H and O–H groups in total. The Labute approximate surface area is 111 Å². The van der Waals surface area contributed by atoms with Gasteiger partial charge in [0.2, 0.25) is 0 Å². The van der Waals surface area contributed by atoms with Crippen LogP contribution < -0.4 is 5.32 Å². The second-order valence-corrected chi connectivity index (χ2v) is 6.02. The zero-order valence-corrected chi connectivity index (χ0v) is 12.0. The molecule has 18 heavy (non-hydrogen) atoms. The van der Waals surface area contributed by atoms with Crippen molar-refractivity contribution in [2.24, 2.45) is 11.3 Å². The molecular formula is C15H25NO2. The molecule has 3 heteroatoms. The highest BCUT2D eigenvalue weighted by molar-refractivity contribution is 5.81. The fourth-order valence-electron chi connectivity index (χ4n) is 2.99. The summed E-state index contributed by atoms with van der Waals surface area (Å²) in [5.41, 5.74) is -0.314. The van der Waals surface area contributed by atoms with E-state index in [0.29, 0.717) is 13.2 Å². The summed E-state index contributed by atoms with van der Waals surface area (Å²) >= 11 is 0. The molecule has 2 atom stereocenters. The van der Waals surface area contributed by atoms with Crippen molar-refractivity contribution in [3.05, 3.63) is 0 Å². The van der Waals surface area contributed by atoms with E-state index in [2.05, 4.69) is 32.0 Å². The van der Waals surface area contributed by atoms with Gasteiger partial charge < -0.3 is 4.74 Å². The van der Waals surface area contributed by atoms with E-state index < -0.39 is 5.54 Å². The lowest BCUT2D eigenvalue weighted by Gasteiger charge is -2.46. The minimum atomic E-state index is -0.599. The van der Waals surface area contributed by atoms with Crippen molar-refractivity contribution < 1.29 is 9.53 Å². The van der Waals surface area contributed by atoms with E-state index in [1.165, 1.54) is 0 Å². The maximum atomic E-state index is 12.3. The van der Waals surface area contributed by atoms with Crippen LogP contribution in [0.2, 0.25) is 0 Å². The van der Waals surface area contributed by atoms with Gasteiger partial charge in [-0.05, 0) is 37.5 Å². The molecule has 0 heterocycles. The van der Waals surface area contributed by atoms with E-state index in [0.717, 1.165) is 19.3 Å². The number of hydrogen-bond acceptors (Lipinski definition) is 3. The summed E-state index contributed by atoms with van der Waals surface area (Å²) in [6.45, 7) is 9.27. The van der Waals surface area contributed by atoms with Crippen molar-refractivity contribution in [1.82, 2.24) is 5.32 Å². The molecule has 0 aromatic heterocycles. The molecular weight excluding hydrogens is 226 g/mol. The molecule has 0 amide bonds. The van der Waals surface area contributed by atoms with E-state index in [-0.39, 0.29) is 17.3 Å². The molecule has 102 valence electrons. The first-order valence-corrected chi connectivity index (χ1v) is 6.73. The third kappa shape index (κ3) is 3.05. The Morgan fingerprint density at radius 1 is 1.50 bits per heavy atom. The van der Waals surface area contributed by atoms with Crippen LogP contribution in [0.5, 0.6) is 0 Å². The molecule has 0 spiro atoms. The fraction of sp³-hybridized carbons (Fsp3) is 0.800. The van der Waals surface area contributed by atoms with Crippen LogP contribution in [0.15, 0.2) is 0 Å². The summed E-state index contributed by atoms with van der Waals surface area (Å²) in [6, 6.07) is 0. The van der Waals surface area contributed by atoms with Crippen LogP contribution in [0.4, 0.5) is 0 Å². The van der Waals surface area contributed by atoms with Gasteiger partial charge in [-0.25, -0.2) is 0 Å². The van der Waals surface area contributed by atoms with Crippen molar-refractivity contribution in [2.45, 2.75) is 52.5 Å². The molecule has 0 radical (unpaired) electrons. The summed E-state index contributed by atoms with van der Waals surface area (Å²) in [7, 11) is 0. The van der Waals surface area contributed by atoms with Gasteiger partial charge in [-0.15, -0.1) is 6.42 Å². The molecule has 0 saturated heterocycles. The van der Waals surface area contributed by atoms with Crippen molar-refractivity contribution in [3.8, 4) is 12.3 Å². The van der Waals surface area contributed by atoms with Crippen LogP contribution in [0, 0.1) is 23.7 Å². The zero-order valence-electron chi connectivity index (χ0n) is 12.0. The Bertz CT molecular complexity index is 343. The van der Waals surface area contributed by atoms with E-state index in [4.69, 9.17) is 11.2 Å². The first-order valence-electron chi connectivity index (χ1n) is 6.73. The molecule has 1 fully saturated rings. The Balaban J connectivity index is 2.91. The van der Waals surface area contributed by atoms with E-state index >= 15 is 0 Å². The number of hydrogen-bond donors (Lipinski definition) is 1. The summed E-state index contributed by atoms with van der Waals surface area (Å²) in [6.07, 6.45) is 8.12. The van der Waals surface area contributed by atoms with Crippen LogP contribution in [0.3, 0.4) is 0 Å². The normalized spacial score (nSPS) is 30.5. The lowest BCUT2D eigenvalue weighted by molar-refractivity contribution is -0.156. The first kappa shape index (κ1) is 15.0. The van der Waals surface area contributed by atoms with E-state index in [9.17, 15) is 4.79 Å². The molecule has 1 aliphatic rings. The minimum absolute atomic E-state index is 0.150. The number of nitrogens with one attached hydrogen (secondary N) is 1. The van der Waals surface area contributed by atoms with Gasteiger partial charge >= 0.3 is 5.97 Å². The molecule has 0 bridgehead atoms. The van der Waals surface area contributed by atoms with Gasteiger partial charge in [0.15, 0.2) is 0 Å². The molecule has 0 aromatic rings. The Morgan fingerprint density at radius 3 is 2.67 bits per heavy atom. The number of terminal acetylenes is 1. The third-order valence-electron chi connectivity index (χ3n) is 4.04. The molecule has 0 aromatic carbocycles. The van der Waals surface area contributed by atoms with Gasteiger partial charge in [-0.2, -0.15) is 0 Å². The maximum absolute atomic E-state index is 12.3. The number of ether oxygens (including phenoxy) is 1. The largest absolute Gasteiger partial charge is 0.465 e. The van der Waals surface area contributed by atoms with E-state index in [1.54, 1.807) is 0 Å². The predicted octanol–water partition coefficient (Wildman–Crippen LogP) is 2.36. The van der Waals surface area contributed by atoms with Gasteiger partial charge in [0.25, 0.3) is 0 Å². The predicted molar refractivity (Wildman–Crippen MR) is 73.0 cm³/mol. The average Bonchev–Trinajstić information content (AvgIpc) is 2.28. The zero-order chi connectivity index (χ0) is 13.8. The number of carbonyl (C=O) groups excluding carboxylic acids is 1. The summed E-state index contributed by atoms with van der Waals surface area (Å²) in [4.78, 5) is 12.3. The third-order valence-corrected chi connectivity index (χ3v) is 4.04. The number of carbonyl (C=O) groups is 1. The van der Waals surface area contributed by atoms with Crippen molar-refractivity contribution >= 4 is 5.97 Å². The Kier molecular flexibility index (Phi) is 4.81. The van der Waals surface area contributed by atoms with Crippen molar-refractivity contribution in [2.75, 3.05) is 13.2 Å². The van der Waals surface area contributed by atoms with Crippen LogP contribution in [0.1, 0.15) is 47.0 Å². The second kappa shape index (κ2) is 5.75. The molecule has 2 unspecified atom stereocenters. The number of rotatable bonds is 4. The summed E-state index contributed by atoms with van der Waals surface area (Å²) in [5.74, 6) is 2.64. The maximum Gasteiger partial charge on any atom is 0.326 e. The SMILES string of the molecule is C#CCNC1(C(=O)OCC)CCC(C)(C)CC1C. The van der Waals surface area contributed by atoms with Gasteiger partial charge in [0.1, 0.15) is 5.54 Å². The van der Waals surface area contributed by atoms with Crippen LogP contribution in [-0.4, -0.2) is 24.7 Å². The van der Waals surface area contributed by atoms with Crippen LogP contribution in [-0.2, 0) is 9.53 Å². The summed E-state index contributed by atoms with van der Waals surface area (Å²) in [5, 5.41) is 3.25. The first-order chi connectivity index (χ1) is 8.38. The smallest absolute Gasteiger partial charge is 0.326 e. The Morgan fingerprint density at radius 2 is 2.17 bits per heavy atom. The molecule has 3 nitrogen and oxygen atoms in total. The molecule has 1 aliphatic carbocycles. The topological polar surface area (TPSA) is 38.3 Å². The van der Waals surface area contributed by atoms with Gasteiger partial charge in [-0.1, -0.05) is 26.7 Å². The van der Waals surface area contributed by atoms with Gasteiger partial charge in [0.05, 0.1) is 13.2 Å². The lowest BCUT2D eigenvalue weighted by atomic mass is 9.63. The van der Waals surface area contributed by atoms with Crippen LogP contribution >= 0.6 is 0 Å². The Hall–Kier alpha value is -1.01. The second-order valence-electron chi connectivity index (χ2n) is 6.02. The lowest BCUT2D eigenvalue weighted by Crippen LogP contribution is -2.60. The highest BCUT2D eigenvalue weighted by Gasteiger charge is 2.49. The van der Waals surface area contributed by atoms with E-state index in [1.807, 2.05) is 6.92 Å². The molecule has 1 saturated carbocycles.